The molecule has 0 unspecified atom stereocenters. The molecule has 0 aliphatic heterocycles. The van der Waals surface area contributed by atoms with Gasteiger partial charge in [-0.3, -0.25) is 19.5 Å². The van der Waals surface area contributed by atoms with E-state index >= 15 is 0 Å². The summed E-state index contributed by atoms with van der Waals surface area (Å²) in [6.07, 6.45) is 6.75. The zero-order valence-corrected chi connectivity index (χ0v) is 16.5. The van der Waals surface area contributed by atoms with Crippen LogP contribution in [0.5, 0.6) is 0 Å². The van der Waals surface area contributed by atoms with Crippen molar-refractivity contribution in [1.82, 2.24) is 14.5 Å². The first-order valence-electron chi connectivity index (χ1n) is 9.63. The number of hydrogen-bond donors (Lipinski definition) is 2. The van der Waals surface area contributed by atoms with Crippen LogP contribution >= 0.6 is 11.3 Å². The first-order valence-corrected chi connectivity index (χ1v) is 10.5. The second-order valence-electron chi connectivity index (χ2n) is 7.00. The number of fused-ring (bicyclic) bond motifs is 2. The highest BCUT2D eigenvalue weighted by Gasteiger charge is 2.16. The molecule has 0 fully saturated rings. The molecule has 1 aliphatic carbocycles. The van der Waals surface area contributed by atoms with E-state index in [1.807, 2.05) is 0 Å². The summed E-state index contributed by atoms with van der Waals surface area (Å²) in [5, 5.41) is 3.85. The Bertz CT molecular complexity index is 1130. The third kappa shape index (κ3) is 3.52. The number of aromatic amines is 1. The Morgan fingerprint density at radius 1 is 1.21 bits per heavy atom. The molecular formula is C20H22N4O3S. The quantitative estimate of drug-likeness (QED) is 0.708. The molecule has 0 saturated carbocycles. The molecule has 2 aromatic heterocycles. The maximum atomic E-state index is 12.7. The van der Waals surface area contributed by atoms with Crippen LogP contribution < -0.4 is 16.6 Å². The average molecular weight is 398 g/mol. The summed E-state index contributed by atoms with van der Waals surface area (Å²) in [6, 6.07) is 4.72. The first kappa shape index (κ1) is 18.6. The number of H-pyrrole nitrogens is 1. The van der Waals surface area contributed by atoms with Crippen LogP contribution in [-0.2, 0) is 19.4 Å². The van der Waals surface area contributed by atoms with Crippen molar-refractivity contribution in [2.45, 2.75) is 52.0 Å². The molecule has 8 heteroatoms. The van der Waals surface area contributed by atoms with Gasteiger partial charge in [0.25, 0.3) is 11.5 Å². The minimum absolute atomic E-state index is 0.293. The molecule has 28 heavy (non-hydrogen) atoms. The fraction of sp³-hybridized carbons (Fsp3) is 0.400. The fourth-order valence-electron chi connectivity index (χ4n) is 3.61. The molecule has 0 spiro atoms. The first-order chi connectivity index (χ1) is 13.6. The number of aromatic nitrogens is 3. The van der Waals surface area contributed by atoms with Crippen LogP contribution in [0, 0.1) is 0 Å². The molecule has 0 radical (unpaired) electrons. The van der Waals surface area contributed by atoms with E-state index in [9.17, 15) is 14.4 Å². The molecule has 1 aromatic carbocycles. The van der Waals surface area contributed by atoms with Crippen LogP contribution in [0.1, 0.15) is 53.5 Å². The van der Waals surface area contributed by atoms with E-state index in [1.165, 1.54) is 23.8 Å². The number of aryl methyl sites for hydroxylation is 2. The number of benzene rings is 1. The molecule has 0 atom stereocenters. The lowest BCUT2D eigenvalue weighted by atomic mass is 10.0. The van der Waals surface area contributed by atoms with Gasteiger partial charge in [0.15, 0.2) is 5.13 Å². The molecule has 2 N–H and O–H groups in total. The summed E-state index contributed by atoms with van der Waals surface area (Å²) in [7, 11) is 0. The summed E-state index contributed by atoms with van der Waals surface area (Å²) < 4.78 is 1.13. The molecule has 146 valence electrons. The number of anilines is 1. The number of carbonyl (C=O) groups is 1. The van der Waals surface area contributed by atoms with Crippen LogP contribution in [0.2, 0.25) is 0 Å². The maximum absolute atomic E-state index is 12.7. The van der Waals surface area contributed by atoms with Crippen LogP contribution in [-0.4, -0.2) is 20.4 Å². The molecule has 7 nitrogen and oxygen atoms in total. The Labute approximate surface area is 165 Å². The van der Waals surface area contributed by atoms with Gasteiger partial charge in [-0.15, -0.1) is 11.3 Å². The van der Waals surface area contributed by atoms with Gasteiger partial charge in [-0.2, -0.15) is 0 Å². The largest absolute Gasteiger partial charge is 0.328 e. The third-order valence-electron chi connectivity index (χ3n) is 5.13. The van der Waals surface area contributed by atoms with Crippen molar-refractivity contribution in [1.29, 1.82) is 0 Å². The van der Waals surface area contributed by atoms with E-state index < -0.39 is 5.69 Å². The van der Waals surface area contributed by atoms with Crippen LogP contribution in [0.3, 0.4) is 0 Å². The van der Waals surface area contributed by atoms with Crippen molar-refractivity contribution in [3.05, 3.63) is 55.2 Å². The molecule has 0 bridgehead atoms. The van der Waals surface area contributed by atoms with Crippen molar-refractivity contribution in [2.75, 3.05) is 5.32 Å². The predicted octanol–water partition coefficient (Wildman–Crippen LogP) is 3.08. The number of nitrogens with zero attached hydrogens (tertiary/aromatic N) is 2. The van der Waals surface area contributed by atoms with Crippen LogP contribution in [0.15, 0.2) is 27.8 Å². The smallest absolute Gasteiger partial charge is 0.307 e. The van der Waals surface area contributed by atoms with Crippen LogP contribution in [0.4, 0.5) is 5.13 Å². The summed E-state index contributed by atoms with van der Waals surface area (Å²) >= 11 is 1.54. The van der Waals surface area contributed by atoms with Gasteiger partial charge in [-0.25, -0.2) is 9.78 Å². The zero-order valence-electron chi connectivity index (χ0n) is 15.7. The maximum Gasteiger partial charge on any atom is 0.328 e. The highest BCUT2D eigenvalue weighted by atomic mass is 32.1. The highest BCUT2D eigenvalue weighted by Crippen LogP contribution is 2.28. The SMILES string of the molecule is CCn1c(=O)[nH]c2cc(C(=O)Nc3nc4c(s3)CCCCCC4)ccc2c1=O. The second kappa shape index (κ2) is 7.71. The molecular weight excluding hydrogens is 376 g/mol. The molecule has 4 rings (SSSR count). The van der Waals surface area contributed by atoms with Crippen LogP contribution in [0.25, 0.3) is 10.9 Å². The van der Waals surface area contributed by atoms with Gasteiger partial charge >= 0.3 is 5.69 Å². The van der Waals surface area contributed by atoms with E-state index in [2.05, 4.69) is 15.3 Å². The Kier molecular flexibility index (Phi) is 5.13. The zero-order chi connectivity index (χ0) is 19.7. The molecule has 2 heterocycles. The standard InChI is InChI=1S/C20H22N4O3S/c1-2-24-18(26)13-10-9-12(11-15(13)22-20(24)27)17(25)23-19-21-14-7-5-3-4-6-8-16(14)28-19/h9-11H,2-8H2,1H3,(H,22,27)(H,21,23,25). The molecule has 1 amide bonds. The summed E-state index contributed by atoms with van der Waals surface area (Å²) in [5.74, 6) is -0.302. The summed E-state index contributed by atoms with van der Waals surface area (Å²) in [5.41, 5.74) is 1.01. The van der Waals surface area contributed by atoms with Gasteiger partial charge in [0.05, 0.1) is 16.6 Å². The third-order valence-corrected chi connectivity index (χ3v) is 6.20. The fourth-order valence-corrected chi connectivity index (χ4v) is 4.66. The normalized spacial score (nSPS) is 14.3. The highest BCUT2D eigenvalue weighted by molar-refractivity contribution is 7.15. The number of amides is 1. The van der Waals surface area contributed by atoms with Gasteiger partial charge in [0.1, 0.15) is 0 Å². The monoisotopic (exact) mass is 398 g/mol. The minimum Gasteiger partial charge on any atom is -0.307 e. The van der Waals surface area contributed by atoms with E-state index in [0.717, 1.165) is 35.9 Å². The van der Waals surface area contributed by atoms with Crippen molar-refractivity contribution >= 4 is 33.3 Å². The average Bonchev–Trinajstić information content (AvgIpc) is 3.02. The van der Waals surface area contributed by atoms with Crippen molar-refractivity contribution in [3.8, 4) is 0 Å². The molecule has 1 aliphatic rings. The van der Waals surface area contributed by atoms with E-state index in [-0.39, 0.29) is 11.5 Å². The topological polar surface area (TPSA) is 96.8 Å². The Hall–Kier alpha value is -2.74. The Morgan fingerprint density at radius 2 is 2.00 bits per heavy atom. The van der Waals surface area contributed by atoms with Gasteiger partial charge < -0.3 is 4.98 Å². The van der Waals surface area contributed by atoms with E-state index in [0.29, 0.717) is 28.1 Å². The van der Waals surface area contributed by atoms with Gasteiger partial charge in [0.2, 0.25) is 0 Å². The van der Waals surface area contributed by atoms with Gasteiger partial charge in [-0.1, -0.05) is 12.8 Å². The lowest BCUT2D eigenvalue weighted by Gasteiger charge is -2.06. The number of nitrogens with one attached hydrogen (secondary N) is 2. The molecule has 3 aromatic rings. The number of rotatable bonds is 3. The molecule has 0 saturated heterocycles. The number of carbonyl (C=O) groups excluding carboxylic acids is 1. The second-order valence-corrected chi connectivity index (χ2v) is 8.08. The lowest BCUT2D eigenvalue weighted by molar-refractivity contribution is 0.102. The number of thiazole rings is 1. The van der Waals surface area contributed by atoms with Crippen molar-refractivity contribution in [3.63, 3.8) is 0 Å². The lowest BCUT2D eigenvalue weighted by Crippen LogP contribution is -2.34. The van der Waals surface area contributed by atoms with Crippen molar-refractivity contribution < 1.29 is 4.79 Å². The summed E-state index contributed by atoms with van der Waals surface area (Å²) in [4.78, 5) is 45.6. The van der Waals surface area contributed by atoms with E-state index in [4.69, 9.17) is 0 Å². The summed E-state index contributed by atoms with van der Waals surface area (Å²) in [6.45, 7) is 2.03. The van der Waals surface area contributed by atoms with E-state index in [1.54, 1.807) is 30.4 Å². The van der Waals surface area contributed by atoms with Crippen molar-refractivity contribution in [2.24, 2.45) is 0 Å². The van der Waals surface area contributed by atoms with Gasteiger partial charge in [0, 0.05) is 17.0 Å². The minimum atomic E-state index is -0.475. The van der Waals surface area contributed by atoms with Gasteiger partial charge in [-0.05, 0) is 50.8 Å². The Morgan fingerprint density at radius 3 is 2.79 bits per heavy atom. The predicted molar refractivity (Wildman–Crippen MR) is 110 cm³/mol. The Balaban J connectivity index is 1.61. The number of hydrogen-bond acceptors (Lipinski definition) is 5.